The maximum atomic E-state index is 13.0. The fraction of sp³-hybridized carbons (Fsp3) is 0.0800. The Hall–Kier alpha value is -3.99. The van der Waals surface area contributed by atoms with E-state index in [9.17, 15) is 9.59 Å². The molecule has 0 bridgehead atoms. The van der Waals surface area contributed by atoms with E-state index in [-0.39, 0.29) is 17.7 Å². The van der Waals surface area contributed by atoms with Gasteiger partial charge in [-0.2, -0.15) is 0 Å². The van der Waals surface area contributed by atoms with E-state index in [1.807, 2.05) is 59.3 Å². The smallest absolute Gasteiger partial charge is 0.252 e. The number of nitrogens with zero attached hydrogens (tertiary/aromatic N) is 2. The van der Waals surface area contributed by atoms with Gasteiger partial charge in [-0.1, -0.05) is 78.9 Å². The first kappa shape index (κ1) is 19.3. The summed E-state index contributed by atoms with van der Waals surface area (Å²) in [5.74, 6) is -0.452. The van der Waals surface area contributed by atoms with Crippen molar-refractivity contribution in [1.29, 1.82) is 0 Å². The summed E-state index contributed by atoms with van der Waals surface area (Å²) in [6.07, 6.45) is 5.32. The van der Waals surface area contributed by atoms with Crippen molar-refractivity contribution in [3.8, 4) is 0 Å². The van der Waals surface area contributed by atoms with Crippen molar-refractivity contribution >= 4 is 11.7 Å². The topological polar surface area (TPSA) is 64.0 Å². The molecule has 0 radical (unpaired) electrons. The first-order chi connectivity index (χ1) is 14.7. The van der Waals surface area contributed by atoms with Crippen molar-refractivity contribution in [2.75, 3.05) is 6.54 Å². The van der Waals surface area contributed by atoms with Crippen LogP contribution in [0.15, 0.2) is 104 Å². The summed E-state index contributed by atoms with van der Waals surface area (Å²) in [5, 5.41) is 2.99. The zero-order chi connectivity index (χ0) is 20.8. The molecule has 5 nitrogen and oxygen atoms in total. The SMILES string of the molecule is O=C(NCC(c1ccccc1)n1ccnc1)c1ccccc1C(=O)c1ccccc1. The maximum Gasteiger partial charge on any atom is 0.252 e. The van der Waals surface area contributed by atoms with E-state index in [0.29, 0.717) is 23.2 Å². The first-order valence-electron chi connectivity index (χ1n) is 9.73. The minimum atomic E-state index is -0.282. The molecule has 0 fully saturated rings. The van der Waals surface area contributed by atoms with Gasteiger partial charge in [-0.15, -0.1) is 0 Å². The predicted octanol–water partition coefficient (Wildman–Crippen LogP) is 4.13. The van der Waals surface area contributed by atoms with Gasteiger partial charge >= 0.3 is 0 Å². The van der Waals surface area contributed by atoms with Crippen molar-refractivity contribution in [2.24, 2.45) is 0 Å². The molecule has 1 atom stereocenters. The summed E-state index contributed by atoms with van der Waals surface area (Å²) in [7, 11) is 0. The van der Waals surface area contributed by atoms with Crippen molar-refractivity contribution in [1.82, 2.24) is 14.9 Å². The zero-order valence-electron chi connectivity index (χ0n) is 16.3. The van der Waals surface area contributed by atoms with E-state index in [2.05, 4.69) is 10.3 Å². The van der Waals surface area contributed by atoms with Crippen LogP contribution in [0.3, 0.4) is 0 Å². The Labute approximate surface area is 175 Å². The van der Waals surface area contributed by atoms with Gasteiger partial charge in [-0.3, -0.25) is 9.59 Å². The standard InChI is InChI=1S/C25H21N3O2/c29-24(20-11-5-2-6-12-20)21-13-7-8-14-22(21)25(30)27-17-23(28-16-15-26-18-28)19-9-3-1-4-10-19/h1-16,18,23H,17H2,(H,27,30). The van der Waals surface area contributed by atoms with Crippen LogP contribution in [-0.2, 0) is 0 Å². The van der Waals surface area contributed by atoms with Gasteiger partial charge in [0.05, 0.1) is 17.9 Å². The molecule has 30 heavy (non-hydrogen) atoms. The Balaban J connectivity index is 1.56. The van der Waals surface area contributed by atoms with Crippen LogP contribution >= 0.6 is 0 Å². The van der Waals surface area contributed by atoms with E-state index in [4.69, 9.17) is 0 Å². The number of hydrogen-bond donors (Lipinski definition) is 1. The molecule has 4 rings (SSSR count). The number of benzene rings is 3. The minimum Gasteiger partial charge on any atom is -0.350 e. The third-order valence-corrected chi connectivity index (χ3v) is 4.98. The Kier molecular flexibility index (Phi) is 5.80. The highest BCUT2D eigenvalue weighted by Gasteiger charge is 2.20. The number of aromatic nitrogens is 2. The molecule has 148 valence electrons. The van der Waals surface area contributed by atoms with Gasteiger partial charge in [0.2, 0.25) is 0 Å². The highest BCUT2D eigenvalue weighted by molar-refractivity contribution is 6.15. The quantitative estimate of drug-likeness (QED) is 0.479. The van der Waals surface area contributed by atoms with Crippen molar-refractivity contribution in [3.05, 3.63) is 126 Å². The summed E-state index contributed by atoms with van der Waals surface area (Å²) in [4.78, 5) is 30.1. The molecule has 0 saturated heterocycles. The number of nitrogens with one attached hydrogen (secondary N) is 1. The molecule has 1 amide bonds. The summed E-state index contributed by atoms with van der Waals surface area (Å²) in [6.45, 7) is 0.368. The largest absolute Gasteiger partial charge is 0.350 e. The molecular weight excluding hydrogens is 374 g/mol. The van der Waals surface area contributed by atoms with E-state index in [1.165, 1.54) is 0 Å². The third kappa shape index (κ3) is 4.20. The fourth-order valence-electron chi connectivity index (χ4n) is 3.43. The monoisotopic (exact) mass is 395 g/mol. The van der Waals surface area contributed by atoms with Gasteiger partial charge in [0, 0.05) is 30.1 Å². The number of carbonyl (C=O) groups is 2. The lowest BCUT2D eigenvalue weighted by Crippen LogP contribution is -2.32. The molecule has 3 aromatic carbocycles. The van der Waals surface area contributed by atoms with Crippen molar-refractivity contribution in [2.45, 2.75) is 6.04 Å². The number of hydrogen-bond acceptors (Lipinski definition) is 3. The van der Waals surface area contributed by atoms with Crippen LogP contribution < -0.4 is 5.32 Å². The lowest BCUT2D eigenvalue weighted by molar-refractivity contribution is 0.0938. The molecule has 0 spiro atoms. The summed E-state index contributed by atoms with van der Waals surface area (Å²) >= 11 is 0. The molecule has 4 aromatic rings. The van der Waals surface area contributed by atoms with Crippen LogP contribution in [0, 0.1) is 0 Å². The molecule has 1 aromatic heterocycles. The second-order valence-corrected chi connectivity index (χ2v) is 6.89. The lowest BCUT2D eigenvalue weighted by Gasteiger charge is -2.20. The summed E-state index contributed by atoms with van der Waals surface area (Å²) in [6, 6.07) is 25.7. The number of imidazole rings is 1. The third-order valence-electron chi connectivity index (χ3n) is 4.98. The highest BCUT2D eigenvalue weighted by Crippen LogP contribution is 2.18. The molecule has 5 heteroatoms. The van der Waals surface area contributed by atoms with Gasteiger partial charge in [-0.25, -0.2) is 4.98 Å². The maximum absolute atomic E-state index is 13.0. The number of rotatable bonds is 7. The number of ketones is 1. The number of amides is 1. The van der Waals surface area contributed by atoms with Crippen molar-refractivity contribution < 1.29 is 9.59 Å². The summed E-state index contributed by atoms with van der Waals surface area (Å²) < 4.78 is 1.95. The van der Waals surface area contributed by atoms with Crippen molar-refractivity contribution in [3.63, 3.8) is 0 Å². The average molecular weight is 395 g/mol. The average Bonchev–Trinajstić information content (AvgIpc) is 3.34. The van der Waals surface area contributed by atoms with Gasteiger partial charge < -0.3 is 9.88 Å². The van der Waals surface area contributed by atoms with Gasteiger partial charge in [-0.05, 0) is 11.6 Å². The van der Waals surface area contributed by atoms with Gasteiger partial charge in [0.15, 0.2) is 5.78 Å². The van der Waals surface area contributed by atoms with Crippen LogP contribution in [0.5, 0.6) is 0 Å². The van der Waals surface area contributed by atoms with Crippen LogP contribution in [0.2, 0.25) is 0 Å². The molecule has 1 N–H and O–H groups in total. The summed E-state index contributed by atoms with van der Waals surface area (Å²) in [5.41, 5.74) is 2.37. The predicted molar refractivity (Wildman–Crippen MR) is 115 cm³/mol. The Morgan fingerprint density at radius 2 is 1.47 bits per heavy atom. The highest BCUT2D eigenvalue weighted by atomic mass is 16.2. The van der Waals surface area contributed by atoms with Gasteiger partial charge in [0.25, 0.3) is 5.91 Å². The number of carbonyl (C=O) groups excluding carboxylic acids is 2. The molecule has 0 aliphatic rings. The molecule has 1 heterocycles. The molecule has 1 unspecified atom stereocenters. The second kappa shape index (κ2) is 9.01. The van der Waals surface area contributed by atoms with E-state index in [0.717, 1.165) is 5.56 Å². The van der Waals surface area contributed by atoms with Crippen LogP contribution in [-0.4, -0.2) is 27.8 Å². The Morgan fingerprint density at radius 3 is 2.13 bits per heavy atom. The van der Waals surface area contributed by atoms with Crippen LogP contribution in [0.1, 0.15) is 37.9 Å². The van der Waals surface area contributed by atoms with E-state index >= 15 is 0 Å². The van der Waals surface area contributed by atoms with Crippen LogP contribution in [0.25, 0.3) is 0 Å². The molecule has 0 aliphatic carbocycles. The zero-order valence-corrected chi connectivity index (χ0v) is 16.3. The Morgan fingerprint density at radius 1 is 0.833 bits per heavy atom. The Bertz CT molecular complexity index is 1120. The lowest BCUT2D eigenvalue weighted by atomic mass is 9.98. The minimum absolute atomic E-state index is 0.102. The normalized spacial score (nSPS) is 11.6. The molecule has 0 aliphatic heterocycles. The first-order valence-corrected chi connectivity index (χ1v) is 9.73. The van der Waals surface area contributed by atoms with Crippen LogP contribution in [0.4, 0.5) is 0 Å². The second-order valence-electron chi connectivity index (χ2n) is 6.89. The van der Waals surface area contributed by atoms with Gasteiger partial charge in [0.1, 0.15) is 0 Å². The van der Waals surface area contributed by atoms with E-state index in [1.54, 1.807) is 48.9 Å². The van der Waals surface area contributed by atoms with E-state index < -0.39 is 0 Å². The fourth-order valence-corrected chi connectivity index (χ4v) is 3.43. The molecule has 0 saturated carbocycles. The molecular formula is C25H21N3O2.